The molecule has 0 aliphatic carbocycles. The second kappa shape index (κ2) is 8.86. The van der Waals surface area contributed by atoms with Crippen LogP contribution in [0.2, 0.25) is 0 Å². The maximum Gasteiger partial charge on any atom is 0.274 e. The number of thiazole rings is 1. The number of hydrogen-bond acceptors (Lipinski definition) is 4. The van der Waals surface area contributed by atoms with Crippen LogP contribution in [0.15, 0.2) is 54.7 Å². The number of H-pyrrole nitrogens is 1. The van der Waals surface area contributed by atoms with Crippen LogP contribution in [0.5, 0.6) is 0 Å². The van der Waals surface area contributed by atoms with Crippen LogP contribution < -0.4 is 0 Å². The Morgan fingerprint density at radius 2 is 1.76 bits per heavy atom. The van der Waals surface area contributed by atoms with Gasteiger partial charge in [-0.05, 0) is 67.3 Å². The molecule has 1 aliphatic rings. The topological polar surface area (TPSA) is 61.9 Å². The Hall–Kier alpha value is -3.39. The molecule has 168 valence electrons. The smallest absolute Gasteiger partial charge is 0.274 e. The number of imidazole rings is 1. The molecule has 0 bridgehead atoms. The van der Waals surface area contributed by atoms with Crippen LogP contribution in [0.4, 0.5) is 8.78 Å². The van der Waals surface area contributed by atoms with E-state index in [9.17, 15) is 13.6 Å². The molecule has 2 aromatic carbocycles. The molecule has 1 fully saturated rings. The van der Waals surface area contributed by atoms with Crippen molar-refractivity contribution >= 4 is 17.2 Å². The predicted molar refractivity (Wildman–Crippen MR) is 124 cm³/mol. The molecular formula is C25H22F2N4OS. The first-order chi connectivity index (χ1) is 16.0. The second-order valence-electron chi connectivity index (χ2n) is 8.17. The first-order valence-electron chi connectivity index (χ1n) is 10.8. The fourth-order valence-electron chi connectivity index (χ4n) is 4.29. The summed E-state index contributed by atoms with van der Waals surface area (Å²) in [6.07, 6.45) is 4.13. The minimum atomic E-state index is -0.314. The summed E-state index contributed by atoms with van der Waals surface area (Å²) in [5, 5.41) is 0.795. The number of benzene rings is 2. The summed E-state index contributed by atoms with van der Waals surface area (Å²) in [6, 6.07) is 12.4. The fraction of sp³-hybridized carbons (Fsp3) is 0.240. The van der Waals surface area contributed by atoms with E-state index in [-0.39, 0.29) is 23.6 Å². The molecule has 33 heavy (non-hydrogen) atoms. The van der Waals surface area contributed by atoms with Crippen LogP contribution in [0.1, 0.15) is 34.2 Å². The lowest BCUT2D eigenvalue weighted by atomic mass is 10.1. The number of nitrogens with one attached hydrogen (secondary N) is 1. The molecule has 1 N–H and O–H groups in total. The monoisotopic (exact) mass is 464 g/mol. The second-order valence-corrected chi connectivity index (χ2v) is 9.37. The molecule has 4 aromatic rings. The van der Waals surface area contributed by atoms with E-state index in [1.165, 1.54) is 35.6 Å². The largest absolute Gasteiger partial charge is 0.342 e. The van der Waals surface area contributed by atoms with E-state index >= 15 is 0 Å². The van der Waals surface area contributed by atoms with Gasteiger partial charge in [-0.2, -0.15) is 0 Å². The summed E-state index contributed by atoms with van der Waals surface area (Å²) in [6.45, 7) is 2.53. The Morgan fingerprint density at radius 1 is 1.09 bits per heavy atom. The third kappa shape index (κ3) is 4.43. The molecular weight excluding hydrogens is 442 g/mol. The van der Waals surface area contributed by atoms with Crippen molar-refractivity contribution in [3.8, 4) is 21.7 Å². The van der Waals surface area contributed by atoms with Gasteiger partial charge in [-0.25, -0.2) is 18.7 Å². The Bertz CT molecular complexity index is 1280. The van der Waals surface area contributed by atoms with E-state index in [2.05, 4.69) is 15.0 Å². The van der Waals surface area contributed by atoms with Gasteiger partial charge in [-0.1, -0.05) is 12.1 Å². The third-order valence-electron chi connectivity index (χ3n) is 5.89. The SMILES string of the molecule is Cc1nc(C(=O)N2CCCC2Cc2ncc(-c3ccc(F)cc3)[nH]2)c(-c2ccc(F)cc2)s1. The number of amides is 1. The van der Waals surface area contributed by atoms with Crippen LogP contribution in [-0.4, -0.2) is 38.3 Å². The van der Waals surface area contributed by atoms with Crippen LogP contribution in [0.3, 0.4) is 0 Å². The summed E-state index contributed by atoms with van der Waals surface area (Å²) >= 11 is 1.44. The summed E-state index contributed by atoms with van der Waals surface area (Å²) in [5.41, 5.74) is 2.88. The van der Waals surface area contributed by atoms with E-state index in [0.29, 0.717) is 18.7 Å². The number of rotatable bonds is 5. The van der Waals surface area contributed by atoms with Gasteiger partial charge in [0, 0.05) is 19.0 Å². The number of likely N-dealkylation sites (tertiary alicyclic amines) is 1. The zero-order valence-corrected chi connectivity index (χ0v) is 18.8. The molecule has 1 unspecified atom stereocenters. The summed E-state index contributed by atoms with van der Waals surface area (Å²) < 4.78 is 26.6. The molecule has 3 heterocycles. The fourth-order valence-corrected chi connectivity index (χ4v) is 5.20. The molecule has 8 heteroatoms. The Labute approximate surface area is 194 Å². The average Bonchev–Trinajstić information content (AvgIpc) is 3.55. The molecule has 0 saturated carbocycles. The summed E-state index contributed by atoms with van der Waals surface area (Å²) in [5.74, 6) is 0.0838. The highest BCUT2D eigenvalue weighted by atomic mass is 32.1. The molecule has 1 aliphatic heterocycles. The van der Waals surface area contributed by atoms with Gasteiger partial charge in [0.1, 0.15) is 23.2 Å². The number of carbonyl (C=O) groups excluding carboxylic acids is 1. The zero-order valence-electron chi connectivity index (χ0n) is 18.0. The minimum absolute atomic E-state index is 0.00721. The summed E-state index contributed by atoms with van der Waals surface area (Å²) in [7, 11) is 0. The quantitative estimate of drug-likeness (QED) is 0.416. The van der Waals surface area contributed by atoms with Gasteiger partial charge in [-0.15, -0.1) is 11.3 Å². The Kier molecular flexibility index (Phi) is 5.76. The van der Waals surface area contributed by atoms with E-state index in [0.717, 1.165) is 45.4 Å². The standard InChI is InChI=1S/C25H22F2N4OS/c1-15-29-23(24(33-15)17-6-10-19(27)11-7-17)25(32)31-12-2-3-20(31)13-22-28-14-21(30-22)16-4-8-18(26)9-5-16/h4-11,14,20H,2-3,12-13H2,1H3,(H,28,30). The van der Waals surface area contributed by atoms with Crippen molar-refractivity contribution in [1.82, 2.24) is 19.9 Å². The van der Waals surface area contributed by atoms with Gasteiger partial charge >= 0.3 is 0 Å². The van der Waals surface area contributed by atoms with Crippen LogP contribution in [-0.2, 0) is 6.42 Å². The van der Waals surface area contributed by atoms with Crippen molar-refractivity contribution in [2.45, 2.75) is 32.2 Å². The minimum Gasteiger partial charge on any atom is -0.342 e. The maximum absolute atomic E-state index is 13.5. The number of aryl methyl sites for hydroxylation is 1. The highest BCUT2D eigenvalue weighted by Crippen LogP contribution is 2.33. The molecule has 1 saturated heterocycles. The number of hydrogen-bond donors (Lipinski definition) is 1. The highest BCUT2D eigenvalue weighted by molar-refractivity contribution is 7.15. The lowest BCUT2D eigenvalue weighted by Gasteiger charge is -2.24. The number of carbonyl (C=O) groups is 1. The molecule has 5 nitrogen and oxygen atoms in total. The van der Waals surface area contributed by atoms with Crippen molar-refractivity contribution in [1.29, 1.82) is 0 Å². The number of aromatic nitrogens is 3. The van der Waals surface area contributed by atoms with E-state index in [1.54, 1.807) is 30.5 Å². The third-order valence-corrected chi connectivity index (χ3v) is 6.91. The average molecular weight is 465 g/mol. The van der Waals surface area contributed by atoms with Crippen molar-refractivity contribution < 1.29 is 13.6 Å². The number of nitrogens with zero attached hydrogens (tertiary/aromatic N) is 3. The van der Waals surface area contributed by atoms with Crippen LogP contribution in [0.25, 0.3) is 21.7 Å². The Balaban J connectivity index is 1.36. The first-order valence-corrected chi connectivity index (χ1v) is 11.6. The van der Waals surface area contributed by atoms with Gasteiger partial charge in [-0.3, -0.25) is 4.79 Å². The molecule has 2 aromatic heterocycles. The van der Waals surface area contributed by atoms with Crippen molar-refractivity contribution in [2.75, 3.05) is 6.54 Å². The molecule has 1 amide bonds. The van der Waals surface area contributed by atoms with Gasteiger partial charge in [0.05, 0.1) is 21.8 Å². The van der Waals surface area contributed by atoms with Crippen molar-refractivity contribution in [3.63, 3.8) is 0 Å². The van der Waals surface area contributed by atoms with E-state index < -0.39 is 0 Å². The van der Waals surface area contributed by atoms with Crippen molar-refractivity contribution in [3.05, 3.63) is 82.9 Å². The predicted octanol–water partition coefficient (Wildman–Crippen LogP) is 5.63. The van der Waals surface area contributed by atoms with Crippen LogP contribution >= 0.6 is 11.3 Å². The normalized spacial score (nSPS) is 15.8. The number of aromatic amines is 1. The van der Waals surface area contributed by atoms with Gasteiger partial charge in [0.15, 0.2) is 0 Å². The first kappa shape index (κ1) is 21.5. The van der Waals surface area contributed by atoms with E-state index in [1.807, 2.05) is 11.8 Å². The Morgan fingerprint density at radius 3 is 2.45 bits per heavy atom. The summed E-state index contributed by atoms with van der Waals surface area (Å²) in [4.78, 5) is 28.5. The van der Waals surface area contributed by atoms with Gasteiger partial charge in [0.25, 0.3) is 5.91 Å². The maximum atomic E-state index is 13.5. The highest BCUT2D eigenvalue weighted by Gasteiger charge is 2.33. The van der Waals surface area contributed by atoms with E-state index in [4.69, 9.17) is 0 Å². The van der Waals surface area contributed by atoms with Crippen LogP contribution in [0, 0.1) is 18.6 Å². The molecule has 0 spiro atoms. The lowest BCUT2D eigenvalue weighted by molar-refractivity contribution is 0.0731. The molecule has 1 atom stereocenters. The van der Waals surface area contributed by atoms with Crippen molar-refractivity contribution in [2.24, 2.45) is 0 Å². The number of halogens is 2. The zero-order chi connectivity index (χ0) is 22.9. The lowest BCUT2D eigenvalue weighted by Crippen LogP contribution is -2.37. The van der Waals surface area contributed by atoms with Gasteiger partial charge < -0.3 is 9.88 Å². The molecule has 5 rings (SSSR count). The van der Waals surface area contributed by atoms with Gasteiger partial charge in [0.2, 0.25) is 0 Å². The molecule has 0 radical (unpaired) electrons.